The van der Waals surface area contributed by atoms with Gasteiger partial charge in [0, 0.05) is 11.4 Å². The van der Waals surface area contributed by atoms with E-state index in [1.54, 1.807) is 25.3 Å². The molecule has 0 aliphatic carbocycles. The molecule has 0 atom stereocenters. The molecular weight excluding hydrogens is 341 g/mol. The Bertz CT molecular complexity index is 644. The van der Waals surface area contributed by atoms with Gasteiger partial charge in [-0.1, -0.05) is 41.4 Å². The molecule has 0 radical (unpaired) electrons. The molecule has 0 saturated carbocycles. The molecule has 1 N–H and O–H groups in total. The molecule has 0 heterocycles. The molecule has 2 aromatic rings. The normalized spacial score (nSPS) is 10.3. The lowest BCUT2D eigenvalue weighted by atomic mass is 10.2. The Labute approximate surface area is 144 Å². The average molecular weight is 356 g/mol. The zero-order valence-corrected chi connectivity index (χ0v) is 14.3. The number of hydrogen-bond donors (Lipinski definition) is 1. The van der Waals surface area contributed by atoms with E-state index in [4.69, 9.17) is 27.9 Å². The highest BCUT2D eigenvalue weighted by molar-refractivity contribution is 8.00. The Morgan fingerprint density at radius 1 is 1.18 bits per heavy atom. The van der Waals surface area contributed by atoms with Crippen LogP contribution in [-0.2, 0) is 11.3 Å². The molecule has 2 aromatic carbocycles. The minimum Gasteiger partial charge on any atom is -0.497 e. The number of halogens is 2. The summed E-state index contributed by atoms with van der Waals surface area (Å²) in [7, 11) is 1.61. The minimum absolute atomic E-state index is 0.0798. The van der Waals surface area contributed by atoms with Crippen molar-refractivity contribution in [1.29, 1.82) is 0 Å². The van der Waals surface area contributed by atoms with Crippen LogP contribution in [0, 0.1) is 0 Å². The molecule has 0 aliphatic rings. The summed E-state index contributed by atoms with van der Waals surface area (Å²) in [5.41, 5.74) is 0.980. The van der Waals surface area contributed by atoms with Gasteiger partial charge >= 0.3 is 0 Å². The van der Waals surface area contributed by atoms with E-state index in [0.717, 1.165) is 16.2 Å². The molecular formula is C16H15Cl2NO2S. The predicted molar refractivity (Wildman–Crippen MR) is 92.0 cm³/mol. The van der Waals surface area contributed by atoms with E-state index in [1.807, 2.05) is 24.3 Å². The van der Waals surface area contributed by atoms with Crippen molar-refractivity contribution in [1.82, 2.24) is 5.32 Å². The Hall–Kier alpha value is -1.36. The number of methoxy groups -OCH3 is 1. The lowest BCUT2D eigenvalue weighted by molar-refractivity contribution is -0.118. The molecule has 0 fully saturated rings. The van der Waals surface area contributed by atoms with Crippen molar-refractivity contribution in [3.05, 3.63) is 58.1 Å². The lowest BCUT2D eigenvalue weighted by Crippen LogP contribution is -2.24. The van der Waals surface area contributed by atoms with Gasteiger partial charge in [-0.15, -0.1) is 11.8 Å². The second-order valence-corrected chi connectivity index (χ2v) is 6.27. The van der Waals surface area contributed by atoms with Crippen LogP contribution in [0.4, 0.5) is 0 Å². The smallest absolute Gasteiger partial charge is 0.230 e. The molecule has 0 unspecified atom stereocenters. The van der Waals surface area contributed by atoms with Gasteiger partial charge < -0.3 is 10.1 Å². The third-order valence-electron chi connectivity index (χ3n) is 2.89. The zero-order chi connectivity index (χ0) is 15.9. The van der Waals surface area contributed by atoms with Crippen LogP contribution in [-0.4, -0.2) is 18.8 Å². The van der Waals surface area contributed by atoms with E-state index in [0.29, 0.717) is 16.6 Å². The van der Waals surface area contributed by atoms with Crippen LogP contribution in [0.5, 0.6) is 5.75 Å². The zero-order valence-electron chi connectivity index (χ0n) is 11.9. The Morgan fingerprint density at radius 2 is 1.86 bits per heavy atom. The van der Waals surface area contributed by atoms with Crippen molar-refractivity contribution in [3.63, 3.8) is 0 Å². The van der Waals surface area contributed by atoms with Gasteiger partial charge in [0.25, 0.3) is 0 Å². The molecule has 3 nitrogen and oxygen atoms in total. The van der Waals surface area contributed by atoms with Gasteiger partial charge in [-0.3, -0.25) is 4.79 Å². The SMILES string of the molecule is COc1cccc(CNC(=O)CSc2c(Cl)cccc2Cl)c1. The van der Waals surface area contributed by atoms with E-state index in [9.17, 15) is 4.79 Å². The second kappa shape index (κ2) is 8.32. The largest absolute Gasteiger partial charge is 0.497 e. The number of ether oxygens (including phenoxy) is 1. The quantitative estimate of drug-likeness (QED) is 0.779. The number of nitrogens with one attached hydrogen (secondary N) is 1. The van der Waals surface area contributed by atoms with Gasteiger partial charge in [0.2, 0.25) is 5.91 Å². The van der Waals surface area contributed by atoms with Crippen molar-refractivity contribution >= 4 is 40.9 Å². The fourth-order valence-corrected chi connectivity index (χ4v) is 3.31. The third kappa shape index (κ3) is 4.83. The number of thioether (sulfide) groups is 1. The predicted octanol–water partition coefficient (Wildman–Crippen LogP) is 4.41. The lowest BCUT2D eigenvalue weighted by Gasteiger charge is -2.08. The number of carbonyl (C=O) groups excluding carboxylic acids is 1. The highest BCUT2D eigenvalue weighted by atomic mass is 35.5. The van der Waals surface area contributed by atoms with Gasteiger partial charge in [-0.05, 0) is 29.8 Å². The molecule has 0 aliphatic heterocycles. The number of amides is 1. The van der Waals surface area contributed by atoms with Gasteiger partial charge in [-0.2, -0.15) is 0 Å². The number of rotatable bonds is 6. The summed E-state index contributed by atoms with van der Waals surface area (Å²) in [5.74, 6) is 0.945. The average Bonchev–Trinajstić information content (AvgIpc) is 2.52. The van der Waals surface area contributed by atoms with E-state index in [-0.39, 0.29) is 11.7 Å². The molecule has 0 bridgehead atoms. The Balaban J connectivity index is 1.85. The van der Waals surface area contributed by atoms with Gasteiger partial charge in [0.15, 0.2) is 0 Å². The number of carbonyl (C=O) groups is 1. The van der Waals surface area contributed by atoms with Crippen LogP contribution >= 0.6 is 35.0 Å². The summed E-state index contributed by atoms with van der Waals surface area (Å²) < 4.78 is 5.15. The molecule has 2 rings (SSSR count). The molecule has 0 aromatic heterocycles. The van der Waals surface area contributed by atoms with Crippen LogP contribution in [0.1, 0.15) is 5.56 Å². The van der Waals surface area contributed by atoms with Gasteiger partial charge in [0.1, 0.15) is 5.75 Å². The van der Waals surface area contributed by atoms with Gasteiger partial charge in [0.05, 0.1) is 22.9 Å². The second-order valence-electron chi connectivity index (χ2n) is 4.47. The van der Waals surface area contributed by atoms with Crippen LogP contribution in [0.3, 0.4) is 0 Å². The summed E-state index contributed by atoms with van der Waals surface area (Å²) in [6, 6.07) is 12.9. The van der Waals surface area contributed by atoms with E-state index >= 15 is 0 Å². The number of benzene rings is 2. The molecule has 22 heavy (non-hydrogen) atoms. The van der Waals surface area contributed by atoms with E-state index < -0.39 is 0 Å². The van der Waals surface area contributed by atoms with Crippen molar-refractivity contribution in [2.24, 2.45) is 0 Å². The van der Waals surface area contributed by atoms with Crippen molar-refractivity contribution in [3.8, 4) is 5.75 Å². The molecule has 1 amide bonds. The molecule has 6 heteroatoms. The number of hydrogen-bond acceptors (Lipinski definition) is 3. The summed E-state index contributed by atoms with van der Waals surface area (Å²) in [6.07, 6.45) is 0. The first kappa shape index (κ1) is 17.0. The molecule has 0 spiro atoms. The highest BCUT2D eigenvalue weighted by Gasteiger charge is 2.09. The minimum atomic E-state index is -0.0798. The standard InChI is InChI=1S/C16H15Cl2NO2S/c1-21-12-5-2-4-11(8-12)9-19-15(20)10-22-16-13(17)6-3-7-14(16)18/h2-8H,9-10H2,1H3,(H,19,20). The summed E-state index contributed by atoms with van der Waals surface area (Å²) in [4.78, 5) is 12.6. The maximum Gasteiger partial charge on any atom is 0.230 e. The van der Waals surface area contributed by atoms with Crippen molar-refractivity contribution in [2.75, 3.05) is 12.9 Å². The third-order valence-corrected chi connectivity index (χ3v) is 4.88. The fraction of sp³-hybridized carbons (Fsp3) is 0.188. The Morgan fingerprint density at radius 3 is 2.55 bits per heavy atom. The van der Waals surface area contributed by atoms with Crippen LogP contribution in [0.2, 0.25) is 10.0 Å². The Kier molecular flexibility index (Phi) is 6.43. The van der Waals surface area contributed by atoms with Crippen molar-refractivity contribution in [2.45, 2.75) is 11.4 Å². The first-order chi connectivity index (χ1) is 10.6. The maximum atomic E-state index is 11.9. The maximum absolute atomic E-state index is 11.9. The molecule has 116 valence electrons. The first-order valence-electron chi connectivity index (χ1n) is 6.56. The van der Waals surface area contributed by atoms with Crippen LogP contribution in [0.15, 0.2) is 47.4 Å². The monoisotopic (exact) mass is 355 g/mol. The van der Waals surface area contributed by atoms with Gasteiger partial charge in [-0.25, -0.2) is 0 Å². The highest BCUT2D eigenvalue weighted by Crippen LogP contribution is 2.33. The van der Waals surface area contributed by atoms with E-state index in [1.165, 1.54) is 11.8 Å². The van der Waals surface area contributed by atoms with Crippen LogP contribution in [0.25, 0.3) is 0 Å². The topological polar surface area (TPSA) is 38.3 Å². The van der Waals surface area contributed by atoms with E-state index in [2.05, 4.69) is 5.32 Å². The van der Waals surface area contributed by atoms with Crippen molar-refractivity contribution < 1.29 is 9.53 Å². The molecule has 0 saturated heterocycles. The first-order valence-corrected chi connectivity index (χ1v) is 8.30. The van der Waals surface area contributed by atoms with Crippen LogP contribution < -0.4 is 10.1 Å². The summed E-state index contributed by atoms with van der Waals surface area (Å²) >= 11 is 13.5. The summed E-state index contributed by atoms with van der Waals surface area (Å²) in [6.45, 7) is 0.451. The summed E-state index contributed by atoms with van der Waals surface area (Å²) in [5, 5.41) is 3.97. The fourth-order valence-electron chi connectivity index (χ4n) is 1.79.